The van der Waals surface area contributed by atoms with Crippen LogP contribution in [0.1, 0.15) is 41.6 Å². The largest absolute Gasteiger partial charge is 0.342 e. The third-order valence-electron chi connectivity index (χ3n) is 4.71. The number of nitrogens with one attached hydrogen (secondary N) is 2. The van der Waals surface area contributed by atoms with E-state index in [-0.39, 0.29) is 17.8 Å². The van der Waals surface area contributed by atoms with Crippen molar-refractivity contribution in [3.8, 4) is 0 Å². The molecule has 2 atom stereocenters. The van der Waals surface area contributed by atoms with Crippen LogP contribution in [-0.4, -0.2) is 35.4 Å². The number of hydrogen-bond donors (Lipinski definition) is 2. The first-order chi connectivity index (χ1) is 13.0. The highest BCUT2D eigenvalue weighted by Crippen LogP contribution is 2.24. The average molecular weight is 389 g/mol. The molecule has 2 N–H and O–H groups in total. The molecule has 0 spiro atoms. The Bertz CT molecular complexity index is 790. The lowest BCUT2D eigenvalue weighted by atomic mass is 9.99. The predicted molar refractivity (Wildman–Crippen MR) is 107 cm³/mol. The highest BCUT2D eigenvalue weighted by molar-refractivity contribution is 7.09. The van der Waals surface area contributed by atoms with Gasteiger partial charge in [0.15, 0.2) is 0 Å². The first-order valence-corrected chi connectivity index (χ1v) is 10.0. The number of hydrogen-bond acceptors (Lipinski definition) is 5. The molecular weight excluding hydrogens is 363 g/mol. The van der Waals surface area contributed by atoms with E-state index < -0.39 is 0 Å². The molecule has 0 radical (unpaired) electrons. The van der Waals surface area contributed by atoms with Crippen LogP contribution >= 0.6 is 11.3 Å². The molecule has 0 bridgehead atoms. The number of carbonyl (C=O) groups is 1. The van der Waals surface area contributed by atoms with Gasteiger partial charge in [0, 0.05) is 37.1 Å². The molecular formula is C20H25FN4OS. The second kappa shape index (κ2) is 9.21. The van der Waals surface area contributed by atoms with Crippen LogP contribution in [0.15, 0.2) is 35.7 Å². The van der Waals surface area contributed by atoms with Crippen molar-refractivity contribution in [2.24, 2.45) is 0 Å². The molecule has 1 aromatic heterocycles. The maximum atomic E-state index is 13.0. The van der Waals surface area contributed by atoms with Gasteiger partial charge in [0.05, 0.1) is 10.7 Å². The molecule has 1 aliphatic rings. The number of rotatable bonds is 7. The Morgan fingerprint density at radius 2 is 2.15 bits per heavy atom. The highest BCUT2D eigenvalue weighted by atomic mass is 32.1. The van der Waals surface area contributed by atoms with Crippen LogP contribution < -0.4 is 10.9 Å². The minimum atomic E-state index is -0.215. The zero-order valence-electron chi connectivity index (χ0n) is 15.6. The van der Waals surface area contributed by atoms with Gasteiger partial charge in [-0.2, -0.15) is 0 Å². The molecule has 144 valence electrons. The Labute approximate surface area is 163 Å². The van der Waals surface area contributed by atoms with Crippen molar-refractivity contribution in [1.29, 1.82) is 0 Å². The van der Waals surface area contributed by atoms with Crippen LogP contribution in [0.3, 0.4) is 0 Å². The van der Waals surface area contributed by atoms with Gasteiger partial charge >= 0.3 is 0 Å². The van der Waals surface area contributed by atoms with Crippen molar-refractivity contribution in [2.45, 2.75) is 38.3 Å². The molecule has 1 saturated heterocycles. The van der Waals surface area contributed by atoms with E-state index >= 15 is 0 Å². The van der Waals surface area contributed by atoms with Crippen molar-refractivity contribution in [3.63, 3.8) is 0 Å². The molecule has 2 aromatic rings. The predicted octanol–water partition coefficient (Wildman–Crippen LogP) is 3.45. The number of halogens is 1. The maximum Gasteiger partial charge on any atom is 0.246 e. The quantitative estimate of drug-likeness (QED) is 0.714. The fourth-order valence-electron chi connectivity index (χ4n) is 3.15. The smallest absolute Gasteiger partial charge is 0.246 e. The zero-order valence-corrected chi connectivity index (χ0v) is 16.4. The van der Waals surface area contributed by atoms with E-state index in [2.05, 4.69) is 15.8 Å². The van der Waals surface area contributed by atoms with Crippen LogP contribution in [-0.2, 0) is 4.79 Å². The van der Waals surface area contributed by atoms with E-state index in [0.717, 1.165) is 35.5 Å². The molecule has 7 heteroatoms. The van der Waals surface area contributed by atoms with E-state index in [1.165, 1.54) is 12.1 Å². The lowest BCUT2D eigenvalue weighted by Gasteiger charge is -2.16. The van der Waals surface area contributed by atoms with Crippen molar-refractivity contribution < 1.29 is 9.18 Å². The highest BCUT2D eigenvalue weighted by Gasteiger charge is 2.24. The number of aryl methyl sites for hydroxylation is 1. The summed E-state index contributed by atoms with van der Waals surface area (Å²) < 4.78 is 13.0. The summed E-state index contributed by atoms with van der Waals surface area (Å²) in [6, 6.07) is 7.16. The minimum absolute atomic E-state index is 0.0117. The molecule has 5 nitrogen and oxygen atoms in total. The van der Waals surface area contributed by atoms with Crippen molar-refractivity contribution in [2.75, 3.05) is 13.6 Å². The first-order valence-electron chi connectivity index (χ1n) is 9.13. The summed E-state index contributed by atoms with van der Waals surface area (Å²) in [5.74, 6) is -0.227. The number of amides is 1. The molecule has 3 rings (SSSR count). The summed E-state index contributed by atoms with van der Waals surface area (Å²) in [4.78, 5) is 18.2. The number of carbonyl (C=O) groups excluding carboxylic acids is 1. The molecule has 27 heavy (non-hydrogen) atoms. The van der Waals surface area contributed by atoms with Gasteiger partial charge in [0.2, 0.25) is 5.91 Å². The fraction of sp³-hybridized carbons (Fsp3) is 0.400. The third kappa shape index (κ3) is 5.69. The normalized spacial score (nSPS) is 19.7. The second-order valence-electron chi connectivity index (χ2n) is 6.85. The van der Waals surface area contributed by atoms with Crippen LogP contribution in [0.2, 0.25) is 0 Å². The SMILES string of the molecule is Cc1nc(/C=C/C(=O)N(C)CCCC2CC(c3ccc(F)cc3)NN2)cs1. The second-order valence-corrected chi connectivity index (χ2v) is 7.91. The summed E-state index contributed by atoms with van der Waals surface area (Å²) in [5, 5.41) is 2.93. The van der Waals surface area contributed by atoms with E-state index in [1.807, 2.05) is 31.5 Å². The monoisotopic (exact) mass is 388 g/mol. The minimum Gasteiger partial charge on any atom is -0.342 e. The number of nitrogens with zero attached hydrogens (tertiary/aromatic N) is 2. The lowest BCUT2D eigenvalue weighted by molar-refractivity contribution is -0.124. The van der Waals surface area contributed by atoms with E-state index in [9.17, 15) is 9.18 Å². The average Bonchev–Trinajstić information content (AvgIpc) is 3.29. The summed E-state index contributed by atoms with van der Waals surface area (Å²) in [6.07, 6.45) is 6.18. The van der Waals surface area contributed by atoms with Crippen molar-refractivity contribution >= 4 is 23.3 Å². The standard InChI is InChI=1S/C20H25FN4OS/c1-14-22-18(13-27-14)9-10-20(26)25(2)11-3-4-17-12-19(24-23-17)15-5-7-16(21)8-6-15/h5-10,13,17,19,23-24H,3-4,11-12H2,1-2H3/b10-9+. The first kappa shape index (κ1) is 19.7. The van der Waals surface area contributed by atoms with E-state index in [0.29, 0.717) is 12.6 Å². The number of thiazole rings is 1. The number of likely N-dealkylation sites (N-methyl/N-ethyl adjacent to an activating group) is 1. The van der Waals surface area contributed by atoms with Gasteiger partial charge in [0.25, 0.3) is 0 Å². The number of benzene rings is 1. The van der Waals surface area contributed by atoms with Gasteiger partial charge in [-0.25, -0.2) is 9.37 Å². The third-order valence-corrected chi connectivity index (χ3v) is 5.50. The fourth-order valence-corrected chi connectivity index (χ4v) is 3.73. The van der Waals surface area contributed by atoms with Gasteiger partial charge in [-0.1, -0.05) is 12.1 Å². The van der Waals surface area contributed by atoms with Crippen LogP contribution in [0.25, 0.3) is 6.08 Å². The molecule has 2 heterocycles. The van der Waals surface area contributed by atoms with Gasteiger partial charge in [-0.15, -0.1) is 11.3 Å². The van der Waals surface area contributed by atoms with E-state index in [1.54, 1.807) is 28.4 Å². The molecule has 1 fully saturated rings. The van der Waals surface area contributed by atoms with Crippen molar-refractivity contribution in [1.82, 2.24) is 20.7 Å². The molecule has 2 unspecified atom stereocenters. The van der Waals surface area contributed by atoms with E-state index in [4.69, 9.17) is 0 Å². The Morgan fingerprint density at radius 3 is 2.85 bits per heavy atom. The zero-order chi connectivity index (χ0) is 19.2. The summed E-state index contributed by atoms with van der Waals surface area (Å²) in [7, 11) is 1.82. The summed E-state index contributed by atoms with van der Waals surface area (Å²) in [6.45, 7) is 2.65. The van der Waals surface area contributed by atoms with Crippen LogP contribution in [0.5, 0.6) is 0 Å². The topological polar surface area (TPSA) is 57.3 Å². The van der Waals surface area contributed by atoms with Gasteiger partial charge < -0.3 is 4.90 Å². The van der Waals surface area contributed by atoms with Gasteiger partial charge in [0.1, 0.15) is 5.82 Å². The molecule has 1 amide bonds. The van der Waals surface area contributed by atoms with Gasteiger partial charge in [-0.05, 0) is 50.0 Å². The molecule has 0 aliphatic carbocycles. The number of aromatic nitrogens is 1. The maximum absolute atomic E-state index is 13.0. The Morgan fingerprint density at radius 1 is 1.37 bits per heavy atom. The Kier molecular flexibility index (Phi) is 6.71. The molecule has 0 saturated carbocycles. The Hall–Kier alpha value is -2.09. The number of hydrazine groups is 1. The summed E-state index contributed by atoms with van der Waals surface area (Å²) in [5.41, 5.74) is 8.49. The Balaban J connectivity index is 1.38. The van der Waals surface area contributed by atoms with Crippen molar-refractivity contribution in [3.05, 3.63) is 57.8 Å². The summed E-state index contributed by atoms with van der Waals surface area (Å²) >= 11 is 1.57. The van der Waals surface area contributed by atoms with Crippen LogP contribution in [0.4, 0.5) is 4.39 Å². The van der Waals surface area contributed by atoms with Crippen LogP contribution in [0, 0.1) is 12.7 Å². The molecule has 1 aliphatic heterocycles. The lowest BCUT2D eigenvalue weighted by Crippen LogP contribution is -2.32. The van der Waals surface area contributed by atoms with Gasteiger partial charge in [-0.3, -0.25) is 15.6 Å². The molecule has 1 aromatic carbocycles.